The first-order valence-electron chi connectivity index (χ1n) is 12.1. The summed E-state index contributed by atoms with van der Waals surface area (Å²) < 4.78 is 4.49. The summed E-state index contributed by atoms with van der Waals surface area (Å²) in [5, 5.41) is 0.509. The lowest BCUT2D eigenvalue weighted by atomic mass is 9.72. The number of nitrogens with zero attached hydrogens (tertiary/aromatic N) is 4. The number of likely N-dealkylation sites (tertiary alicyclic amines) is 1. The molecule has 0 unspecified atom stereocenters. The molecule has 0 bridgehead atoms. The number of rotatable bonds is 4. The second kappa shape index (κ2) is 9.05. The Morgan fingerprint density at radius 1 is 1.08 bits per heavy atom. The molecule has 0 saturated carbocycles. The molecule has 0 radical (unpaired) electrons. The third-order valence-electron chi connectivity index (χ3n) is 8.02. The van der Waals surface area contributed by atoms with Gasteiger partial charge in [-0.1, -0.05) is 47.7 Å². The van der Waals surface area contributed by atoms with E-state index < -0.39 is 10.3 Å². The van der Waals surface area contributed by atoms with Gasteiger partial charge in [0.2, 0.25) is 5.91 Å². The number of pyridine rings is 1. The molecule has 6 rings (SSSR count). The Balaban J connectivity index is 1.56. The second-order valence-electron chi connectivity index (χ2n) is 9.79. The second-order valence-corrected chi connectivity index (χ2v) is 12.1. The Morgan fingerprint density at radius 3 is 2.47 bits per heavy atom. The summed E-state index contributed by atoms with van der Waals surface area (Å²) in [7, 11) is 5.28. The molecular weight excluding hydrogens is 540 g/mol. The van der Waals surface area contributed by atoms with Gasteiger partial charge in [0.05, 0.1) is 13.7 Å². The van der Waals surface area contributed by atoms with Gasteiger partial charge in [0.15, 0.2) is 5.54 Å². The van der Waals surface area contributed by atoms with E-state index in [1.807, 2.05) is 60.5 Å². The van der Waals surface area contributed by atoms with Crippen LogP contribution < -0.4 is 9.64 Å². The maximum absolute atomic E-state index is 14.9. The maximum atomic E-state index is 14.9. The zero-order valence-electron chi connectivity index (χ0n) is 21.1. The molecule has 38 heavy (non-hydrogen) atoms. The number of thioether (sulfide) groups is 1. The third kappa shape index (κ3) is 3.25. The normalized spacial score (nSPS) is 26.7. The molecule has 2 spiro atoms. The van der Waals surface area contributed by atoms with Crippen molar-refractivity contribution in [3.05, 3.63) is 88.7 Å². The van der Waals surface area contributed by atoms with Gasteiger partial charge in [-0.15, -0.1) is 0 Å². The zero-order valence-corrected chi connectivity index (χ0v) is 23.4. The number of benzene rings is 2. The van der Waals surface area contributed by atoms with Crippen molar-refractivity contribution in [1.29, 1.82) is 0 Å². The van der Waals surface area contributed by atoms with E-state index in [0.717, 1.165) is 28.1 Å². The van der Waals surface area contributed by atoms with E-state index in [2.05, 4.69) is 4.98 Å². The van der Waals surface area contributed by atoms with Crippen LogP contribution in [0.25, 0.3) is 0 Å². The lowest BCUT2D eigenvalue weighted by Crippen LogP contribution is -2.62. The van der Waals surface area contributed by atoms with Gasteiger partial charge in [0.1, 0.15) is 14.8 Å². The van der Waals surface area contributed by atoms with Gasteiger partial charge in [-0.2, -0.15) is 0 Å². The van der Waals surface area contributed by atoms with E-state index in [4.69, 9.17) is 28.6 Å². The lowest BCUT2D eigenvalue weighted by molar-refractivity contribution is -0.139. The number of halogens is 1. The van der Waals surface area contributed by atoms with Gasteiger partial charge >= 0.3 is 0 Å². The third-order valence-corrected chi connectivity index (χ3v) is 10.2. The molecule has 194 valence electrons. The number of fused-ring (bicyclic) bond motifs is 3. The Bertz CT molecular complexity index is 1470. The molecule has 2 fully saturated rings. The van der Waals surface area contributed by atoms with Gasteiger partial charge in [-0.3, -0.25) is 24.4 Å². The van der Waals surface area contributed by atoms with Crippen LogP contribution in [0.1, 0.15) is 22.6 Å². The maximum Gasteiger partial charge on any atom is 0.254 e. The summed E-state index contributed by atoms with van der Waals surface area (Å²) in [5.41, 5.74) is 2.03. The highest BCUT2D eigenvalue weighted by molar-refractivity contribution is 8.25. The summed E-state index contributed by atoms with van der Waals surface area (Å²) in [6.07, 6.45) is 3.44. The molecule has 3 aliphatic rings. The number of hydrogen-bond acceptors (Lipinski definition) is 7. The number of likely N-dealkylation sites (N-methyl/N-ethyl adjacent to an activating group) is 2. The number of carbonyl (C=O) groups excluding carboxylic acids is 2. The Hall–Kier alpha value is -2.98. The average Bonchev–Trinajstić information content (AvgIpc) is 3.43. The summed E-state index contributed by atoms with van der Waals surface area (Å²) in [4.78, 5) is 38.8. The molecule has 2 aromatic carbocycles. The first-order valence-corrected chi connectivity index (χ1v) is 13.7. The smallest absolute Gasteiger partial charge is 0.254 e. The molecule has 3 aliphatic heterocycles. The predicted molar refractivity (Wildman–Crippen MR) is 153 cm³/mol. The van der Waals surface area contributed by atoms with Crippen LogP contribution in [0.2, 0.25) is 5.02 Å². The number of carbonyl (C=O) groups is 2. The van der Waals surface area contributed by atoms with Gasteiger partial charge in [0.25, 0.3) is 5.91 Å². The highest BCUT2D eigenvalue weighted by atomic mass is 35.5. The molecule has 2 saturated heterocycles. The van der Waals surface area contributed by atoms with Gasteiger partial charge in [0, 0.05) is 48.2 Å². The van der Waals surface area contributed by atoms with Crippen LogP contribution in [0.15, 0.2) is 67.0 Å². The standard InChI is InChI=1S/C28H25ClN4O3S2/c1-31-16-22(18-10-12-30-13-11-18)28(27(31)21-14-19(29)6-9-23(21)32(2)24(27)34)25(35)33(26(37)38-28)15-17-4-7-20(36-3)8-5-17/h4-14,22H,15-16H2,1-3H3/t22-,27+,28+/m0/s1. The van der Waals surface area contributed by atoms with Crippen molar-refractivity contribution < 1.29 is 14.3 Å². The molecule has 7 nitrogen and oxygen atoms in total. The summed E-state index contributed by atoms with van der Waals surface area (Å²) in [5.74, 6) is 0.0686. The van der Waals surface area contributed by atoms with Crippen molar-refractivity contribution in [1.82, 2.24) is 14.8 Å². The quantitative estimate of drug-likeness (QED) is 0.434. The summed E-state index contributed by atoms with van der Waals surface area (Å²) in [6.45, 7) is 0.777. The molecule has 3 aromatic rings. The minimum Gasteiger partial charge on any atom is -0.497 e. The molecule has 2 amide bonds. The molecule has 0 aliphatic carbocycles. The number of thiocarbonyl (C=S) groups is 1. The predicted octanol–water partition coefficient (Wildman–Crippen LogP) is 4.44. The van der Waals surface area contributed by atoms with Crippen molar-refractivity contribution in [2.45, 2.75) is 22.7 Å². The van der Waals surface area contributed by atoms with Gasteiger partial charge < -0.3 is 9.64 Å². The number of hydrogen-bond donors (Lipinski definition) is 0. The number of anilines is 1. The fourth-order valence-corrected chi connectivity index (χ4v) is 8.61. The number of ether oxygens (including phenoxy) is 1. The van der Waals surface area contributed by atoms with E-state index in [-0.39, 0.29) is 17.7 Å². The van der Waals surface area contributed by atoms with Crippen LogP contribution in [0.3, 0.4) is 0 Å². The van der Waals surface area contributed by atoms with Crippen LogP contribution in [0, 0.1) is 0 Å². The minimum absolute atomic E-state index is 0.163. The van der Waals surface area contributed by atoms with Crippen molar-refractivity contribution in [3.63, 3.8) is 0 Å². The van der Waals surface area contributed by atoms with Crippen molar-refractivity contribution in [2.24, 2.45) is 0 Å². The SMILES string of the molecule is COc1ccc(CN2C(=O)[C@]3(SC2=S)[C@H](c2ccncc2)CN(C)[C@]32C(=O)N(C)c3ccc(Cl)cc32)cc1. The molecule has 0 N–H and O–H groups in total. The molecular formula is C28H25ClN4O3S2. The van der Waals surface area contributed by atoms with E-state index in [0.29, 0.717) is 22.4 Å². The topological polar surface area (TPSA) is 66.0 Å². The summed E-state index contributed by atoms with van der Waals surface area (Å²) in [6, 6.07) is 16.9. The minimum atomic E-state index is -1.30. The van der Waals surface area contributed by atoms with E-state index >= 15 is 0 Å². The average molecular weight is 565 g/mol. The molecule has 4 heterocycles. The number of aromatic nitrogens is 1. The van der Waals surface area contributed by atoms with Crippen molar-refractivity contribution in [2.75, 3.05) is 32.6 Å². The monoisotopic (exact) mass is 564 g/mol. The van der Waals surface area contributed by atoms with Crippen LogP contribution >= 0.6 is 35.6 Å². The Morgan fingerprint density at radius 2 is 1.79 bits per heavy atom. The van der Waals surface area contributed by atoms with Crippen LogP contribution in [-0.4, -0.2) is 63.4 Å². The molecule has 10 heteroatoms. The van der Waals surface area contributed by atoms with E-state index in [1.165, 1.54) is 11.8 Å². The van der Waals surface area contributed by atoms with Crippen LogP contribution in [0.5, 0.6) is 5.75 Å². The zero-order chi connectivity index (χ0) is 26.8. The summed E-state index contributed by atoms with van der Waals surface area (Å²) >= 11 is 13.7. The van der Waals surface area contributed by atoms with Crippen molar-refractivity contribution in [3.8, 4) is 5.75 Å². The Kier molecular flexibility index (Phi) is 6.03. The first-order chi connectivity index (χ1) is 18.3. The fourth-order valence-electron chi connectivity index (χ4n) is 6.32. The van der Waals surface area contributed by atoms with Crippen LogP contribution in [-0.2, 0) is 21.7 Å². The van der Waals surface area contributed by atoms with Gasteiger partial charge in [-0.05, 0) is 60.6 Å². The van der Waals surface area contributed by atoms with E-state index in [1.54, 1.807) is 42.4 Å². The number of methoxy groups -OCH3 is 1. The number of amides is 2. The Labute approximate surface area is 235 Å². The molecule has 1 aromatic heterocycles. The largest absolute Gasteiger partial charge is 0.497 e. The first kappa shape index (κ1) is 25.3. The highest BCUT2D eigenvalue weighted by Crippen LogP contribution is 2.66. The van der Waals surface area contributed by atoms with Gasteiger partial charge in [-0.25, -0.2) is 0 Å². The fraction of sp³-hybridized carbons (Fsp3) is 0.286. The molecule has 3 atom stereocenters. The van der Waals surface area contributed by atoms with Crippen LogP contribution in [0.4, 0.5) is 5.69 Å². The lowest BCUT2D eigenvalue weighted by Gasteiger charge is -2.42. The van der Waals surface area contributed by atoms with E-state index in [9.17, 15) is 9.59 Å². The van der Waals surface area contributed by atoms with Crippen molar-refractivity contribution >= 4 is 57.4 Å². The highest BCUT2D eigenvalue weighted by Gasteiger charge is 2.78.